The van der Waals surface area contributed by atoms with Crippen LogP contribution >= 0.6 is 0 Å². The molecule has 0 aliphatic carbocycles. The van der Waals surface area contributed by atoms with E-state index >= 15 is 0 Å². The largest absolute Gasteiger partial charge is 0.309 e. The lowest BCUT2D eigenvalue weighted by Crippen LogP contribution is -2.75. The number of hydrogen-bond donors (Lipinski definition) is 0. The van der Waals surface area contributed by atoms with Gasteiger partial charge in [-0.1, -0.05) is 140 Å². The molecule has 0 saturated heterocycles. The molecule has 0 unspecified atom stereocenters. The van der Waals surface area contributed by atoms with Crippen LogP contribution in [0.3, 0.4) is 0 Å². The van der Waals surface area contributed by atoms with Gasteiger partial charge in [-0.15, -0.1) is 0 Å². The summed E-state index contributed by atoms with van der Waals surface area (Å²) in [7, 11) is -3.19. The number of benzene rings is 7. The molecule has 0 saturated carbocycles. The van der Waals surface area contributed by atoms with Gasteiger partial charge < -0.3 is 4.57 Å². The second-order valence-electron chi connectivity index (χ2n) is 11.9. The lowest BCUT2D eigenvalue weighted by molar-refractivity contribution is 1.18. The fourth-order valence-corrected chi connectivity index (χ4v) is 12.6. The Kier molecular flexibility index (Phi) is 7.27. The van der Waals surface area contributed by atoms with Crippen molar-refractivity contribution >= 4 is 50.6 Å². The molecule has 8 aromatic rings. The van der Waals surface area contributed by atoms with E-state index in [1.54, 1.807) is 0 Å². The number of aromatic nitrogens is 1. The van der Waals surface area contributed by atoms with Gasteiger partial charge >= 0.3 is 0 Å². The van der Waals surface area contributed by atoms with Gasteiger partial charge in [-0.3, -0.25) is 0 Å². The van der Waals surface area contributed by atoms with Crippen molar-refractivity contribution in [2.24, 2.45) is 0 Å². The fourth-order valence-electron chi connectivity index (χ4n) is 7.48. The van der Waals surface area contributed by atoms with Gasteiger partial charge in [0.05, 0.1) is 34.3 Å². The maximum Gasteiger partial charge on any atom is 0.181 e. The minimum absolute atomic E-state index is 0.544. The molecule has 224 valence electrons. The highest BCUT2D eigenvalue weighted by Crippen LogP contribution is 2.34. The van der Waals surface area contributed by atoms with Crippen LogP contribution in [0.1, 0.15) is 11.1 Å². The van der Waals surface area contributed by atoms with Crippen molar-refractivity contribution < 1.29 is 0 Å². The van der Waals surface area contributed by atoms with Crippen LogP contribution in [0.25, 0.3) is 38.6 Å². The summed E-state index contributed by atoms with van der Waals surface area (Å²) in [5.41, 5.74) is 6.05. The van der Waals surface area contributed by atoms with Crippen LogP contribution in [-0.4, -0.2) is 12.6 Å². The maximum absolute atomic E-state index is 10.9. The summed E-state index contributed by atoms with van der Waals surface area (Å²) in [6.45, 7) is 0. The Labute approximate surface area is 280 Å². The smallest absolute Gasteiger partial charge is 0.181 e. The van der Waals surface area contributed by atoms with E-state index in [-0.39, 0.29) is 0 Å². The highest BCUT2D eigenvalue weighted by atomic mass is 28.3. The van der Waals surface area contributed by atoms with E-state index in [2.05, 4.69) is 162 Å². The molecular weight excluding hydrogens is 599 g/mol. The zero-order valence-corrected chi connectivity index (χ0v) is 27.1. The maximum atomic E-state index is 10.9. The van der Waals surface area contributed by atoms with Crippen LogP contribution in [0.4, 0.5) is 0 Å². The van der Waals surface area contributed by atoms with E-state index < -0.39 is 8.07 Å². The van der Waals surface area contributed by atoms with Crippen LogP contribution in [-0.2, 0) is 0 Å². The first kappa shape index (κ1) is 29.0. The topological polar surface area (TPSA) is 52.5 Å². The Bertz CT molecular complexity index is 2370. The van der Waals surface area contributed by atoms with Crippen LogP contribution in [0.2, 0.25) is 0 Å². The first-order chi connectivity index (χ1) is 23.8. The molecule has 0 aliphatic heterocycles. The van der Waals surface area contributed by atoms with E-state index in [9.17, 15) is 10.5 Å². The van der Waals surface area contributed by atoms with Gasteiger partial charge in [-0.05, 0) is 62.7 Å². The van der Waals surface area contributed by atoms with Gasteiger partial charge in [-0.25, -0.2) is 0 Å². The quantitative estimate of drug-likeness (QED) is 0.141. The molecule has 0 N–H and O–H groups in total. The molecule has 0 atom stereocenters. The van der Waals surface area contributed by atoms with E-state index in [4.69, 9.17) is 0 Å². The molecule has 0 amide bonds. The number of nitriles is 2. The molecule has 1 aromatic heterocycles. The summed E-state index contributed by atoms with van der Waals surface area (Å²) in [6.07, 6.45) is 0. The Morgan fingerprint density at radius 2 is 0.896 bits per heavy atom. The number of rotatable bonds is 6. The van der Waals surface area contributed by atoms with E-state index in [0.29, 0.717) is 11.1 Å². The van der Waals surface area contributed by atoms with Gasteiger partial charge in [0.25, 0.3) is 0 Å². The zero-order chi connectivity index (χ0) is 32.5. The van der Waals surface area contributed by atoms with Crippen molar-refractivity contribution in [2.75, 3.05) is 0 Å². The van der Waals surface area contributed by atoms with Crippen LogP contribution in [0, 0.1) is 22.7 Å². The second kappa shape index (κ2) is 12.0. The van der Waals surface area contributed by atoms with Gasteiger partial charge in [0.2, 0.25) is 0 Å². The lowest BCUT2D eigenvalue weighted by atomic mass is 9.97. The number of para-hydroxylation sites is 2. The van der Waals surface area contributed by atoms with Gasteiger partial charge in [0.1, 0.15) is 0 Å². The summed E-state index contributed by atoms with van der Waals surface area (Å²) < 4.78 is 2.30. The van der Waals surface area contributed by atoms with Crippen molar-refractivity contribution in [1.29, 1.82) is 10.5 Å². The predicted octanol–water partition coefficient (Wildman–Crippen LogP) is 7.57. The normalized spacial score (nSPS) is 11.3. The van der Waals surface area contributed by atoms with E-state index in [1.807, 2.05) is 30.3 Å². The van der Waals surface area contributed by atoms with Crippen LogP contribution < -0.4 is 20.7 Å². The molecule has 1 heterocycles. The summed E-state index contributed by atoms with van der Waals surface area (Å²) in [4.78, 5) is 0. The molecule has 0 aliphatic rings. The molecule has 0 bridgehead atoms. The Morgan fingerprint density at radius 1 is 0.438 bits per heavy atom. The number of hydrogen-bond acceptors (Lipinski definition) is 2. The monoisotopic (exact) mass is 627 g/mol. The van der Waals surface area contributed by atoms with Crippen molar-refractivity contribution in [1.82, 2.24) is 4.57 Å². The summed E-state index contributed by atoms with van der Waals surface area (Å²) in [5, 5.41) is 28.4. The molecule has 48 heavy (non-hydrogen) atoms. The molecule has 7 aromatic carbocycles. The molecule has 4 heteroatoms. The Morgan fingerprint density at radius 3 is 1.40 bits per heavy atom. The first-order valence-electron chi connectivity index (χ1n) is 16.0. The third-order valence-corrected chi connectivity index (χ3v) is 14.3. The summed E-state index contributed by atoms with van der Waals surface area (Å²) >= 11 is 0. The molecule has 0 fully saturated rings. The summed E-state index contributed by atoms with van der Waals surface area (Å²) in [5.74, 6) is 0. The predicted molar refractivity (Wildman–Crippen MR) is 199 cm³/mol. The molecule has 3 nitrogen and oxygen atoms in total. The van der Waals surface area contributed by atoms with E-state index in [1.165, 1.54) is 10.8 Å². The second-order valence-corrected chi connectivity index (χ2v) is 15.6. The van der Waals surface area contributed by atoms with Crippen molar-refractivity contribution in [3.8, 4) is 29.0 Å². The zero-order valence-electron chi connectivity index (χ0n) is 26.1. The van der Waals surface area contributed by atoms with Crippen molar-refractivity contribution in [2.45, 2.75) is 0 Å². The number of fused-ring (bicyclic) bond motifs is 3. The van der Waals surface area contributed by atoms with Crippen LogP contribution in [0.5, 0.6) is 0 Å². The van der Waals surface area contributed by atoms with Crippen LogP contribution in [0.15, 0.2) is 176 Å². The molecule has 0 spiro atoms. The average molecular weight is 628 g/mol. The number of nitrogens with zero attached hydrogens (tertiary/aromatic N) is 3. The molecule has 0 radical (unpaired) electrons. The SMILES string of the molecule is N#Cc1ccc(C#N)c([Si](c2ccccc2)(c2ccccc2)c2ccccc2)c1-c1cccc(-n2c3ccccc3c3ccccc32)c1. The highest BCUT2D eigenvalue weighted by molar-refractivity contribution is 7.20. The third kappa shape index (κ3) is 4.48. The minimum Gasteiger partial charge on any atom is -0.309 e. The van der Waals surface area contributed by atoms with Gasteiger partial charge in [0, 0.05) is 22.0 Å². The van der Waals surface area contributed by atoms with Gasteiger partial charge in [0.15, 0.2) is 8.07 Å². The standard InChI is InChI=1S/C44H29N3Si/c45-30-33-27-28-34(31-46)44(48(36-17-4-1-5-18-36,37-19-6-2-7-20-37)38-21-8-3-9-22-38)43(33)32-15-14-16-35(29-32)47-41-25-12-10-23-39(41)40-24-11-13-26-42(40)47/h1-29H. The van der Waals surface area contributed by atoms with Crippen molar-refractivity contribution in [3.05, 3.63) is 187 Å². The fraction of sp³-hybridized carbons (Fsp3) is 0. The Balaban J connectivity index is 1.51. The summed E-state index contributed by atoms with van der Waals surface area (Å²) in [6, 6.07) is 65.8. The Hall–Kier alpha value is -6.46. The highest BCUT2D eigenvalue weighted by Gasteiger charge is 2.45. The van der Waals surface area contributed by atoms with Gasteiger partial charge in [-0.2, -0.15) is 10.5 Å². The first-order valence-corrected chi connectivity index (χ1v) is 18.0. The lowest BCUT2D eigenvalue weighted by Gasteiger charge is -2.37. The van der Waals surface area contributed by atoms with Crippen molar-refractivity contribution in [3.63, 3.8) is 0 Å². The molecule has 8 rings (SSSR count). The molecular formula is C44H29N3Si. The van der Waals surface area contributed by atoms with E-state index in [0.717, 1.165) is 48.6 Å². The minimum atomic E-state index is -3.19. The third-order valence-electron chi connectivity index (χ3n) is 9.41. The average Bonchev–Trinajstić information content (AvgIpc) is 3.51.